The number of aliphatic carboxylic acids is 1. The molecule has 0 bridgehead atoms. The number of rotatable bonds is 3. The number of hydrogen-bond acceptors (Lipinski definition) is 3. The van der Waals surface area contributed by atoms with E-state index in [4.69, 9.17) is 10.8 Å². The average molecular weight is 220 g/mol. The normalized spacial score (nSPS) is 11.8. The molecular formula is C6H8N3O2Zn-. The molecule has 1 atom stereocenters. The molecule has 0 aliphatic rings. The number of nitrogens with two attached hydrogens (primary N) is 1. The first-order valence-corrected chi connectivity index (χ1v) is 3.10. The van der Waals surface area contributed by atoms with Crippen LogP contribution in [0, 0.1) is 0 Å². The van der Waals surface area contributed by atoms with Gasteiger partial charge < -0.3 is 20.8 Å². The van der Waals surface area contributed by atoms with Crippen molar-refractivity contribution in [3.05, 3.63) is 18.2 Å². The second-order valence-corrected chi connectivity index (χ2v) is 2.16. The molecule has 0 aliphatic heterocycles. The molecule has 0 unspecified atom stereocenters. The predicted octanol–water partition coefficient (Wildman–Crippen LogP) is -1.01. The minimum Gasteiger partial charge on any atom is -0.480 e. The van der Waals surface area contributed by atoms with E-state index in [1.54, 1.807) is 0 Å². The molecule has 0 fully saturated rings. The Labute approximate surface area is 82.1 Å². The number of imidazole rings is 1. The molecule has 0 amide bonds. The van der Waals surface area contributed by atoms with Gasteiger partial charge in [-0.25, -0.2) is 0 Å². The van der Waals surface area contributed by atoms with E-state index in [1.165, 1.54) is 12.5 Å². The summed E-state index contributed by atoms with van der Waals surface area (Å²) in [5, 5.41) is 8.41. The van der Waals surface area contributed by atoms with Crippen LogP contribution < -0.4 is 10.7 Å². The molecule has 0 radical (unpaired) electrons. The van der Waals surface area contributed by atoms with Crippen LogP contribution in [0.5, 0.6) is 0 Å². The van der Waals surface area contributed by atoms with Crippen molar-refractivity contribution in [2.45, 2.75) is 12.5 Å². The smallest absolute Gasteiger partial charge is 0.320 e. The van der Waals surface area contributed by atoms with Gasteiger partial charge in [0.15, 0.2) is 0 Å². The Morgan fingerprint density at radius 1 is 1.83 bits per heavy atom. The monoisotopic (exact) mass is 218 g/mol. The fourth-order valence-electron chi connectivity index (χ4n) is 0.678. The number of carboxylic acid groups (broad SMARTS) is 1. The van der Waals surface area contributed by atoms with Crippen molar-refractivity contribution < 1.29 is 29.4 Å². The van der Waals surface area contributed by atoms with Crippen molar-refractivity contribution in [2.75, 3.05) is 0 Å². The van der Waals surface area contributed by atoms with E-state index in [2.05, 4.69) is 9.97 Å². The summed E-state index contributed by atoms with van der Waals surface area (Å²) in [5.74, 6) is -1.02. The van der Waals surface area contributed by atoms with Gasteiger partial charge in [0.2, 0.25) is 0 Å². The van der Waals surface area contributed by atoms with Crippen LogP contribution in [0.25, 0.3) is 0 Å². The van der Waals surface area contributed by atoms with E-state index in [1.807, 2.05) is 0 Å². The Kier molecular flexibility index (Phi) is 4.70. The molecule has 12 heavy (non-hydrogen) atoms. The van der Waals surface area contributed by atoms with Gasteiger partial charge in [-0.15, -0.1) is 0 Å². The Balaban J connectivity index is 0.00000121. The maximum absolute atomic E-state index is 10.3. The summed E-state index contributed by atoms with van der Waals surface area (Å²) in [6, 6.07) is -0.883. The molecular weight excluding hydrogens is 211 g/mol. The quantitative estimate of drug-likeness (QED) is 0.636. The van der Waals surface area contributed by atoms with Gasteiger partial charge in [-0.3, -0.25) is 4.79 Å². The fourth-order valence-corrected chi connectivity index (χ4v) is 0.678. The van der Waals surface area contributed by atoms with E-state index in [0.29, 0.717) is 5.69 Å². The summed E-state index contributed by atoms with van der Waals surface area (Å²) in [4.78, 5) is 17.7. The minimum absolute atomic E-state index is 0. The molecule has 0 aromatic carbocycles. The summed E-state index contributed by atoms with van der Waals surface area (Å²) in [5.41, 5.74) is 5.85. The summed E-state index contributed by atoms with van der Waals surface area (Å²) in [6.07, 6.45) is 3.10. The zero-order chi connectivity index (χ0) is 8.27. The van der Waals surface area contributed by atoms with Crippen LogP contribution in [-0.4, -0.2) is 22.1 Å². The molecule has 0 saturated heterocycles. The van der Waals surface area contributed by atoms with Crippen LogP contribution in [-0.2, 0) is 30.7 Å². The number of nitrogens with zero attached hydrogens (tertiary/aromatic N) is 2. The molecule has 0 aliphatic carbocycles. The summed E-state index contributed by atoms with van der Waals surface area (Å²) in [6.45, 7) is 0. The average Bonchev–Trinajstić information content (AvgIpc) is 2.39. The first kappa shape index (κ1) is 11.3. The van der Waals surface area contributed by atoms with Crippen LogP contribution in [0.3, 0.4) is 0 Å². The second-order valence-electron chi connectivity index (χ2n) is 2.16. The van der Waals surface area contributed by atoms with Crippen LogP contribution in [0.4, 0.5) is 0 Å². The third-order valence-electron chi connectivity index (χ3n) is 1.26. The Morgan fingerprint density at radius 3 is 2.92 bits per heavy atom. The van der Waals surface area contributed by atoms with Gasteiger partial charge in [0.1, 0.15) is 6.04 Å². The molecule has 62 valence electrons. The van der Waals surface area contributed by atoms with Gasteiger partial charge in [0, 0.05) is 19.5 Å². The van der Waals surface area contributed by atoms with Crippen LogP contribution in [0.1, 0.15) is 5.69 Å². The maximum atomic E-state index is 10.3. The van der Waals surface area contributed by atoms with E-state index < -0.39 is 12.0 Å². The third-order valence-corrected chi connectivity index (χ3v) is 1.26. The zero-order valence-electron chi connectivity index (χ0n) is 6.47. The van der Waals surface area contributed by atoms with Crippen molar-refractivity contribution >= 4 is 5.97 Å². The van der Waals surface area contributed by atoms with E-state index in [9.17, 15) is 4.79 Å². The molecule has 1 aromatic rings. The SMILES string of the molecule is N[C@@H](Cc1c[n-]cn1)C(=O)O.[Zn]. The van der Waals surface area contributed by atoms with Crippen molar-refractivity contribution in [1.82, 2.24) is 9.97 Å². The van der Waals surface area contributed by atoms with Gasteiger partial charge in [0.05, 0.1) is 0 Å². The molecule has 0 spiro atoms. The second kappa shape index (κ2) is 5.01. The Bertz CT molecular complexity index is 237. The maximum Gasteiger partial charge on any atom is 0.320 e. The minimum atomic E-state index is -1.02. The van der Waals surface area contributed by atoms with Gasteiger partial charge in [0.25, 0.3) is 0 Å². The summed E-state index contributed by atoms with van der Waals surface area (Å²) in [7, 11) is 0. The van der Waals surface area contributed by atoms with Gasteiger partial charge in [-0.2, -0.15) is 0 Å². The molecule has 5 nitrogen and oxygen atoms in total. The summed E-state index contributed by atoms with van der Waals surface area (Å²) < 4.78 is 0. The first-order chi connectivity index (χ1) is 5.20. The number of carbonyl (C=O) groups is 1. The topological polar surface area (TPSA) is 90.3 Å². The Hall–Kier alpha value is -0.737. The molecule has 1 rings (SSSR count). The molecule has 6 heteroatoms. The summed E-state index contributed by atoms with van der Waals surface area (Å²) >= 11 is 0. The fraction of sp³-hybridized carbons (Fsp3) is 0.333. The standard InChI is InChI=1S/C6H9N3O2.Zn/c7-5(6(10)11)1-4-2-8-3-9-4;/h2-3,5H,1,7H2,(H2,8,9,10,11);/p-1/t5-;/m0./s1. The van der Waals surface area contributed by atoms with Crippen LogP contribution >= 0.6 is 0 Å². The predicted molar refractivity (Wildman–Crippen MR) is 36.9 cm³/mol. The largest absolute Gasteiger partial charge is 0.480 e. The van der Waals surface area contributed by atoms with E-state index in [0.717, 1.165) is 0 Å². The molecule has 1 aromatic heterocycles. The number of hydrogen-bond donors (Lipinski definition) is 2. The molecule has 0 saturated carbocycles. The van der Waals surface area contributed by atoms with Crippen LogP contribution in [0.15, 0.2) is 12.5 Å². The third kappa shape index (κ3) is 3.11. The molecule has 1 heterocycles. The van der Waals surface area contributed by atoms with Crippen molar-refractivity contribution in [3.8, 4) is 0 Å². The van der Waals surface area contributed by atoms with Crippen molar-refractivity contribution in [3.63, 3.8) is 0 Å². The van der Waals surface area contributed by atoms with Crippen molar-refractivity contribution in [2.24, 2.45) is 5.73 Å². The van der Waals surface area contributed by atoms with Gasteiger partial charge in [-0.1, -0.05) is 18.2 Å². The first-order valence-electron chi connectivity index (χ1n) is 3.10. The number of carboxylic acids is 1. The van der Waals surface area contributed by atoms with E-state index >= 15 is 0 Å². The molecule has 3 N–H and O–H groups in total. The van der Waals surface area contributed by atoms with Crippen molar-refractivity contribution in [1.29, 1.82) is 0 Å². The Morgan fingerprint density at radius 2 is 2.50 bits per heavy atom. The van der Waals surface area contributed by atoms with Crippen LogP contribution in [0.2, 0.25) is 0 Å². The van der Waals surface area contributed by atoms with Gasteiger partial charge in [-0.05, 0) is 6.42 Å². The van der Waals surface area contributed by atoms with Gasteiger partial charge >= 0.3 is 5.97 Å². The number of aromatic nitrogens is 2. The zero-order valence-corrected chi connectivity index (χ0v) is 9.44. The van der Waals surface area contributed by atoms with E-state index in [-0.39, 0.29) is 25.9 Å².